The van der Waals surface area contributed by atoms with Crippen LogP contribution in [0.3, 0.4) is 0 Å². The molecule has 1 aromatic carbocycles. The van der Waals surface area contributed by atoms with Crippen LogP contribution < -0.4 is 4.74 Å². The summed E-state index contributed by atoms with van der Waals surface area (Å²) in [6, 6.07) is 0.962. The Morgan fingerprint density at radius 1 is 1.33 bits per heavy atom. The van der Waals surface area contributed by atoms with Crippen LogP contribution in [-0.2, 0) is 0 Å². The van der Waals surface area contributed by atoms with E-state index in [9.17, 15) is 24.6 Å². The summed E-state index contributed by atoms with van der Waals surface area (Å²) >= 11 is 0. The second-order valence-corrected chi connectivity index (χ2v) is 3.14. The van der Waals surface area contributed by atoms with Crippen LogP contribution in [-0.4, -0.2) is 21.6 Å². The highest BCUT2D eigenvalue weighted by Crippen LogP contribution is 2.33. The van der Waals surface area contributed by atoms with Gasteiger partial charge in [-0.2, -0.15) is 4.39 Å². The first-order chi connectivity index (χ1) is 8.32. The number of hydrogen-bond donors (Lipinski definition) is 1. The molecular weight excluding hydrogens is 251 g/mol. The quantitative estimate of drug-likeness (QED) is 0.491. The minimum absolute atomic E-state index is 0.428. The van der Waals surface area contributed by atoms with Crippen LogP contribution in [0.4, 0.5) is 15.8 Å². The number of halogens is 1. The third-order valence-electron chi connectivity index (χ3n) is 1.82. The van der Waals surface area contributed by atoms with Gasteiger partial charge in [-0.1, -0.05) is 6.58 Å². The van der Waals surface area contributed by atoms with Gasteiger partial charge in [0.05, 0.1) is 9.85 Å². The van der Waals surface area contributed by atoms with Gasteiger partial charge in [-0.15, -0.1) is 0 Å². The van der Waals surface area contributed by atoms with Crippen molar-refractivity contribution < 1.29 is 24.1 Å². The lowest BCUT2D eigenvalue weighted by Crippen LogP contribution is -2.04. The van der Waals surface area contributed by atoms with E-state index in [0.717, 1.165) is 0 Å². The SMILES string of the molecule is C=C(O)COc1cc(F)c([N+](=O)[O-])cc1[N+](=O)[O-]. The van der Waals surface area contributed by atoms with Gasteiger partial charge in [0, 0.05) is 6.07 Å². The molecule has 0 aromatic heterocycles. The standard InChI is InChI=1S/C9H7FN2O6/c1-5(13)4-18-9-2-6(10)7(11(14)15)3-8(9)12(16)17/h2-3,13H,1,4H2. The Bertz CT molecular complexity index is 530. The van der Waals surface area contributed by atoms with E-state index in [1.165, 1.54) is 0 Å². The number of nitrogens with zero attached hydrogens (tertiary/aromatic N) is 2. The van der Waals surface area contributed by atoms with E-state index in [1.54, 1.807) is 0 Å². The molecule has 0 bridgehead atoms. The number of rotatable bonds is 5. The predicted molar refractivity (Wildman–Crippen MR) is 57.0 cm³/mol. The van der Waals surface area contributed by atoms with Crippen LogP contribution in [0.25, 0.3) is 0 Å². The number of ether oxygens (including phenoxy) is 1. The maximum Gasteiger partial charge on any atom is 0.318 e. The van der Waals surface area contributed by atoms with Gasteiger partial charge in [0.1, 0.15) is 18.4 Å². The van der Waals surface area contributed by atoms with Crippen molar-refractivity contribution in [1.29, 1.82) is 0 Å². The Morgan fingerprint density at radius 3 is 2.33 bits per heavy atom. The molecule has 0 saturated carbocycles. The van der Waals surface area contributed by atoms with Crippen LogP contribution in [0, 0.1) is 26.0 Å². The fourth-order valence-corrected chi connectivity index (χ4v) is 1.09. The summed E-state index contributed by atoms with van der Waals surface area (Å²) in [7, 11) is 0. The lowest BCUT2D eigenvalue weighted by Gasteiger charge is -2.05. The second-order valence-electron chi connectivity index (χ2n) is 3.14. The molecule has 96 valence electrons. The Morgan fingerprint density at radius 2 is 1.89 bits per heavy atom. The molecule has 0 aliphatic heterocycles. The second kappa shape index (κ2) is 5.08. The lowest BCUT2D eigenvalue weighted by atomic mass is 10.2. The first kappa shape index (κ1) is 13.4. The van der Waals surface area contributed by atoms with E-state index < -0.39 is 45.2 Å². The molecule has 0 unspecified atom stereocenters. The van der Waals surface area contributed by atoms with Crippen molar-refractivity contribution in [3.8, 4) is 5.75 Å². The molecule has 18 heavy (non-hydrogen) atoms. The monoisotopic (exact) mass is 258 g/mol. The van der Waals surface area contributed by atoms with Gasteiger partial charge in [-0.25, -0.2) is 0 Å². The third-order valence-corrected chi connectivity index (χ3v) is 1.82. The lowest BCUT2D eigenvalue weighted by molar-refractivity contribution is -0.396. The normalized spacial score (nSPS) is 9.83. The Hall–Kier alpha value is -2.71. The van der Waals surface area contributed by atoms with Crippen LogP contribution in [0.2, 0.25) is 0 Å². The van der Waals surface area contributed by atoms with Crippen molar-refractivity contribution in [3.63, 3.8) is 0 Å². The number of aliphatic hydroxyl groups is 1. The largest absolute Gasteiger partial charge is 0.509 e. The highest BCUT2D eigenvalue weighted by Gasteiger charge is 2.25. The number of nitro benzene ring substituents is 2. The summed E-state index contributed by atoms with van der Waals surface area (Å²) in [6.45, 7) is 2.58. The van der Waals surface area contributed by atoms with Crippen molar-refractivity contribution in [3.05, 3.63) is 50.5 Å². The van der Waals surface area contributed by atoms with Gasteiger partial charge in [-0.05, 0) is 0 Å². The molecule has 1 rings (SSSR count). The van der Waals surface area contributed by atoms with E-state index in [2.05, 4.69) is 6.58 Å². The van der Waals surface area contributed by atoms with Gasteiger partial charge < -0.3 is 9.84 Å². The highest BCUT2D eigenvalue weighted by molar-refractivity contribution is 5.54. The molecule has 9 heteroatoms. The molecule has 0 atom stereocenters. The van der Waals surface area contributed by atoms with Crippen molar-refractivity contribution in [2.75, 3.05) is 6.61 Å². The average molecular weight is 258 g/mol. The zero-order valence-corrected chi connectivity index (χ0v) is 8.83. The van der Waals surface area contributed by atoms with Gasteiger partial charge in [0.15, 0.2) is 0 Å². The average Bonchev–Trinajstić information content (AvgIpc) is 2.25. The maximum atomic E-state index is 13.2. The number of aliphatic hydroxyl groups excluding tert-OH is 1. The van der Waals surface area contributed by atoms with E-state index in [0.29, 0.717) is 12.1 Å². The fourth-order valence-electron chi connectivity index (χ4n) is 1.09. The minimum Gasteiger partial charge on any atom is -0.509 e. The topological polar surface area (TPSA) is 116 Å². The Labute approximate surface area is 99.2 Å². The zero-order chi connectivity index (χ0) is 13.9. The molecule has 1 aromatic rings. The van der Waals surface area contributed by atoms with Crippen molar-refractivity contribution >= 4 is 11.4 Å². The fraction of sp³-hybridized carbons (Fsp3) is 0.111. The molecule has 0 radical (unpaired) electrons. The molecule has 0 saturated heterocycles. The summed E-state index contributed by atoms with van der Waals surface area (Å²) in [6.07, 6.45) is 0. The molecule has 1 N–H and O–H groups in total. The highest BCUT2D eigenvalue weighted by atomic mass is 19.1. The van der Waals surface area contributed by atoms with Gasteiger partial charge in [0.2, 0.25) is 11.6 Å². The van der Waals surface area contributed by atoms with Gasteiger partial charge in [-0.3, -0.25) is 20.2 Å². The zero-order valence-electron chi connectivity index (χ0n) is 8.83. The van der Waals surface area contributed by atoms with Crippen LogP contribution >= 0.6 is 0 Å². The van der Waals surface area contributed by atoms with Gasteiger partial charge in [0.25, 0.3) is 0 Å². The molecule has 0 heterocycles. The van der Waals surface area contributed by atoms with E-state index in [-0.39, 0.29) is 0 Å². The molecule has 0 spiro atoms. The summed E-state index contributed by atoms with van der Waals surface area (Å²) in [4.78, 5) is 19.0. The van der Waals surface area contributed by atoms with Crippen LogP contribution in [0.5, 0.6) is 5.75 Å². The summed E-state index contributed by atoms with van der Waals surface area (Å²) in [5.41, 5.74) is -1.80. The number of hydrogen-bond acceptors (Lipinski definition) is 6. The van der Waals surface area contributed by atoms with E-state index in [1.807, 2.05) is 0 Å². The van der Waals surface area contributed by atoms with Crippen molar-refractivity contribution in [2.45, 2.75) is 0 Å². The first-order valence-corrected chi connectivity index (χ1v) is 4.44. The van der Waals surface area contributed by atoms with Crippen LogP contribution in [0.1, 0.15) is 0 Å². The predicted octanol–water partition coefficient (Wildman–Crippen LogP) is 2.09. The molecular formula is C9H7FN2O6. The van der Waals surface area contributed by atoms with E-state index in [4.69, 9.17) is 9.84 Å². The first-order valence-electron chi connectivity index (χ1n) is 4.44. The molecule has 0 aliphatic rings. The maximum absolute atomic E-state index is 13.2. The van der Waals surface area contributed by atoms with Crippen LogP contribution in [0.15, 0.2) is 24.5 Å². The third kappa shape index (κ3) is 2.90. The van der Waals surface area contributed by atoms with Gasteiger partial charge >= 0.3 is 11.4 Å². The number of benzene rings is 1. The molecule has 0 aliphatic carbocycles. The van der Waals surface area contributed by atoms with Crippen molar-refractivity contribution in [1.82, 2.24) is 0 Å². The van der Waals surface area contributed by atoms with Crippen molar-refractivity contribution in [2.24, 2.45) is 0 Å². The molecule has 0 amide bonds. The molecule has 8 nitrogen and oxygen atoms in total. The number of nitro groups is 2. The molecule has 0 fully saturated rings. The van der Waals surface area contributed by atoms with E-state index >= 15 is 0 Å². The summed E-state index contributed by atoms with van der Waals surface area (Å²) in [5.74, 6) is -2.23. The summed E-state index contributed by atoms with van der Waals surface area (Å²) < 4.78 is 18.0. The Kier molecular flexibility index (Phi) is 3.77. The minimum atomic E-state index is -1.27. The smallest absolute Gasteiger partial charge is 0.318 e. The Balaban J connectivity index is 3.24. The summed E-state index contributed by atoms with van der Waals surface area (Å²) in [5, 5.41) is 29.8.